The van der Waals surface area contributed by atoms with Crippen LogP contribution < -0.4 is 4.72 Å². The Bertz CT molecular complexity index is 465. The lowest BCUT2D eigenvalue weighted by molar-refractivity contribution is 0.562. The Kier molecular flexibility index (Phi) is 3.29. The number of hydrogen-bond donors (Lipinski definition) is 1. The van der Waals surface area contributed by atoms with E-state index < -0.39 is 10.0 Å². The van der Waals surface area contributed by atoms with Gasteiger partial charge in [-0.3, -0.25) is 0 Å². The number of halogens is 2. The lowest BCUT2D eigenvalue weighted by atomic mass is 10.4. The van der Waals surface area contributed by atoms with Crippen LogP contribution in [0.5, 0.6) is 0 Å². The molecule has 1 aromatic rings. The van der Waals surface area contributed by atoms with Crippen LogP contribution in [-0.2, 0) is 10.0 Å². The highest BCUT2D eigenvalue weighted by Gasteiger charge is 2.45. The van der Waals surface area contributed by atoms with Crippen LogP contribution >= 0.6 is 43.2 Å². The van der Waals surface area contributed by atoms with Crippen molar-refractivity contribution in [1.29, 1.82) is 0 Å². The summed E-state index contributed by atoms with van der Waals surface area (Å²) in [7, 11) is -3.36. The van der Waals surface area contributed by atoms with Crippen molar-refractivity contribution in [2.75, 3.05) is 5.33 Å². The first-order chi connectivity index (χ1) is 6.99. The van der Waals surface area contributed by atoms with Crippen LogP contribution in [0.25, 0.3) is 0 Å². The van der Waals surface area contributed by atoms with E-state index in [4.69, 9.17) is 0 Å². The Labute approximate surface area is 110 Å². The van der Waals surface area contributed by atoms with Crippen LogP contribution in [-0.4, -0.2) is 19.3 Å². The molecule has 0 saturated heterocycles. The summed E-state index contributed by atoms with van der Waals surface area (Å²) in [5, 5.41) is 2.43. The van der Waals surface area contributed by atoms with Crippen LogP contribution in [0.15, 0.2) is 20.1 Å². The molecule has 7 heteroatoms. The zero-order chi connectivity index (χ0) is 11.1. The topological polar surface area (TPSA) is 46.2 Å². The molecule has 0 bridgehead atoms. The zero-order valence-corrected chi connectivity index (χ0v) is 12.5. The van der Waals surface area contributed by atoms with E-state index in [-0.39, 0.29) is 5.54 Å². The molecular formula is C8H9Br2NO2S2. The van der Waals surface area contributed by atoms with E-state index in [1.165, 1.54) is 11.3 Å². The van der Waals surface area contributed by atoms with Crippen molar-refractivity contribution >= 4 is 53.2 Å². The molecule has 84 valence electrons. The van der Waals surface area contributed by atoms with Gasteiger partial charge in [0.05, 0.1) is 0 Å². The van der Waals surface area contributed by atoms with Gasteiger partial charge in [-0.1, -0.05) is 15.9 Å². The minimum Gasteiger partial charge on any atom is -0.206 e. The SMILES string of the molecule is O=S(=O)(NC1(CBr)CC1)c1sccc1Br. The van der Waals surface area contributed by atoms with Gasteiger partial charge in [-0.2, -0.15) is 0 Å². The number of nitrogens with one attached hydrogen (secondary N) is 1. The summed E-state index contributed by atoms with van der Waals surface area (Å²) in [6.07, 6.45) is 1.81. The van der Waals surface area contributed by atoms with Gasteiger partial charge < -0.3 is 0 Å². The van der Waals surface area contributed by atoms with Crippen LogP contribution in [0.2, 0.25) is 0 Å². The van der Waals surface area contributed by atoms with Crippen LogP contribution in [0.1, 0.15) is 12.8 Å². The fraction of sp³-hybridized carbons (Fsp3) is 0.500. The van der Waals surface area contributed by atoms with Crippen LogP contribution in [0, 0.1) is 0 Å². The highest BCUT2D eigenvalue weighted by atomic mass is 79.9. The van der Waals surface area contributed by atoms with Gasteiger partial charge in [0.15, 0.2) is 0 Å². The van der Waals surface area contributed by atoms with Gasteiger partial charge in [0.1, 0.15) is 4.21 Å². The molecule has 0 amide bonds. The number of alkyl halides is 1. The van der Waals surface area contributed by atoms with E-state index in [2.05, 4.69) is 36.6 Å². The first-order valence-electron chi connectivity index (χ1n) is 4.32. The smallest absolute Gasteiger partial charge is 0.206 e. The highest BCUT2D eigenvalue weighted by molar-refractivity contribution is 9.10. The summed E-state index contributed by atoms with van der Waals surface area (Å²) in [4.78, 5) is 0. The van der Waals surface area contributed by atoms with E-state index in [0.717, 1.165) is 12.8 Å². The van der Waals surface area contributed by atoms with Crippen molar-refractivity contribution in [2.24, 2.45) is 0 Å². The van der Waals surface area contributed by atoms with E-state index in [1.807, 2.05) is 0 Å². The van der Waals surface area contributed by atoms with Crippen molar-refractivity contribution in [1.82, 2.24) is 4.72 Å². The van der Waals surface area contributed by atoms with E-state index in [1.54, 1.807) is 11.4 Å². The predicted octanol–water partition coefficient (Wildman–Crippen LogP) is 2.72. The average molecular weight is 375 g/mol. The van der Waals surface area contributed by atoms with Gasteiger partial charge >= 0.3 is 0 Å². The summed E-state index contributed by atoms with van der Waals surface area (Å²) < 4.78 is 27.7. The van der Waals surface area contributed by atoms with Gasteiger partial charge in [-0.15, -0.1) is 11.3 Å². The first kappa shape index (κ1) is 12.0. The third-order valence-corrected chi connectivity index (χ3v) is 7.61. The van der Waals surface area contributed by atoms with Crippen molar-refractivity contribution in [2.45, 2.75) is 22.6 Å². The normalized spacial score (nSPS) is 19.1. The second-order valence-electron chi connectivity index (χ2n) is 3.58. The molecule has 15 heavy (non-hydrogen) atoms. The third kappa shape index (κ3) is 2.46. The summed E-state index contributed by atoms with van der Waals surface area (Å²) in [5.41, 5.74) is -0.248. The summed E-state index contributed by atoms with van der Waals surface area (Å²) in [6.45, 7) is 0. The lowest BCUT2D eigenvalue weighted by Crippen LogP contribution is -2.37. The summed E-state index contributed by atoms with van der Waals surface area (Å²) in [5.74, 6) is 0. The minimum atomic E-state index is -3.36. The fourth-order valence-corrected chi connectivity index (χ4v) is 5.90. The molecule has 1 fully saturated rings. The fourth-order valence-electron chi connectivity index (χ4n) is 1.22. The molecule has 1 aromatic heterocycles. The molecule has 0 radical (unpaired) electrons. The number of rotatable bonds is 4. The molecule has 0 aliphatic heterocycles. The molecule has 2 rings (SSSR count). The molecule has 0 aromatic carbocycles. The van der Waals surface area contributed by atoms with Crippen LogP contribution in [0.4, 0.5) is 0 Å². The van der Waals surface area contributed by atoms with E-state index in [0.29, 0.717) is 14.0 Å². The van der Waals surface area contributed by atoms with Crippen molar-refractivity contribution in [3.63, 3.8) is 0 Å². The second kappa shape index (κ2) is 4.10. The zero-order valence-electron chi connectivity index (χ0n) is 7.66. The average Bonchev–Trinajstić information content (AvgIpc) is 2.78. The van der Waals surface area contributed by atoms with E-state index in [9.17, 15) is 8.42 Å². The van der Waals surface area contributed by atoms with Gasteiger partial charge in [-0.25, -0.2) is 13.1 Å². The highest BCUT2D eigenvalue weighted by Crippen LogP contribution is 2.39. The maximum Gasteiger partial charge on any atom is 0.251 e. The minimum absolute atomic E-state index is 0.248. The molecule has 0 unspecified atom stereocenters. The van der Waals surface area contributed by atoms with E-state index >= 15 is 0 Å². The first-order valence-corrected chi connectivity index (χ1v) is 8.60. The molecule has 1 N–H and O–H groups in total. The lowest BCUT2D eigenvalue weighted by Gasteiger charge is -2.13. The Morgan fingerprint density at radius 1 is 1.53 bits per heavy atom. The monoisotopic (exact) mass is 373 g/mol. The number of thiophene rings is 1. The Morgan fingerprint density at radius 3 is 2.60 bits per heavy atom. The third-order valence-electron chi connectivity index (χ3n) is 2.29. The van der Waals surface area contributed by atoms with Gasteiger partial charge in [0, 0.05) is 15.3 Å². The van der Waals surface area contributed by atoms with Gasteiger partial charge in [-0.05, 0) is 40.2 Å². The van der Waals surface area contributed by atoms with Crippen LogP contribution in [0.3, 0.4) is 0 Å². The van der Waals surface area contributed by atoms with Gasteiger partial charge in [0.2, 0.25) is 0 Å². The standard InChI is InChI=1S/C8H9Br2NO2S2/c9-5-8(2-3-8)11-15(12,13)7-6(10)1-4-14-7/h1,4,11H,2-3,5H2. The quantitative estimate of drug-likeness (QED) is 0.823. The molecule has 0 spiro atoms. The Hall–Kier alpha value is 0.570. The molecule has 1 heterocycles. The molecular weight excluding hydrogens is 366 g/mol. The number of hydrogen-bond acceptors (Lipinski definition) is 3. The maximum atomic E-state index is 12.0. The second-order valence-corrected chi connectivity index (χ2v) is 7.78. The molecule has 1 aliphatic rings. The molecule has 1 aliphatic carbocycles. The Morgan fingerprint density at radius 2 is 2.20 bits per heavy atom. The summed E-state index contributed by atoms with van der Waals surface area (Å²) in [6, 6.07) is 1.74. The van der Waals surface area contributed by atoms with Crippen molar-refractivity contribution in [3.05, 3.63) is 15.9 Å². The molecule has 0 atom stereocenters. The van der Waals surface area contributed by atoms with Crippen molar-refractivity contribution < 1.29 is 8.42 Å². The Balaban J connectivity index is 2.25. The molecule has 1 saturated carbocycles. The van der Waals surface area contributed by atoms with Gasteiger partial charge in [0.25, 0.3) is 10.0 Å². The predicted molar refractivity (Wildman–Crippen MR) is 68.1 cm³/mol. The molecule has 3 nitrogen and oxygen atoms in total. The summed E-state index contributed by atoms with van der Waals surface area (Å²) >= 11 is 7.79. The number of sulfonamides is 1. The largest absolute Gasteiger partial charge is 0.251 e. The van der Waals surface area contributed by atoms with Crippen molar-refractivity contribution in [3.8, 4) is 0 Å². The maximum absolute atomic E-state index is 12.0.